The van der Waals surface area contributed by atoms with Gasteiger partial charge in [0.25, 0.3) is 0 Å². The molecular weight excluding hydrogens is 1290 g/mol. The van der Waals surface area contributed by atoms with Crippen LogP contribution in [0.15, 0.2) is 0 Å². The van der Waals surface area contributed by atoms with E-state index in [4.69, 9.17) is 37.0 Å². The van der Waals surface area contributed by atoms with Gasteiger partial charge in [0, 0.05) is 25.7 Å². The van der Waals surface area contributed by atoms with Gasteiger partial charge in [-0.2, -0.15) is 0 Å². The van der Waals surface area contributed by atoms with Crippen LogP contribution in [0.2, 0.25) is 0 Å². The lowest BCUT2D eigenvalue weighted by molar-refractivity contribution is -0.161. The lowest BCUT2D eigenvalue weighted by Gasteiger charge is -2.21. The highest BCUT2D eigenvalue weighted by Gasteiger charge is 2.30. The van der Waals surface area contributed by atoms with Gasteiger partial charge in [-0.3, -0.25) is 37.3 Å². The highest BCUT2D eigenvalue weighted by atomic mass is 31.2. The van der Waals surface area contributed by atoms with Gasteiger partial charge in [-0.15, -0.1) is 0 Å². The molecule has 3 N–H and O–H groups in total. The average molecular weight is 1450 g/mol. The number of carbonyl (C=O) groups is 4. The van der Waals surface area contributed by atoms with Gasteiger partial charge in [-0.05, 0) is 37.5 Å². The quantitative estimate of drug-likeness (QED) is 0.0222. The van der Waals surface area contributed by atoms with Crippen LogP contribution in [-0.2, 0) is 65.4 Å². The number of hydrogen-bond donors (Lipinski definition) is 3. The number of aliphatic hydroxyl groups is 1. The molecule has 0 fully saturated rings. The summed E-state index contributed by atoms with van der Waals surface area (Å²) in [5.41, 5.74) is 0. The number of phosphoric acid groups is 2. The maximum Gasteiger partial charge on any atom is 0.472 e. The third-order valence-corrected chi connectivity index (χ3v) is 20.6. The molecule has 0 saturated carbocycles. The normalized spacial score (nSPS) is 13.9. The van der Waals surface area contributed by atoms with E-state index in [1.54, 1.807) is 0 Å². The zero-order chi connectivity index (χ0) is 72.8. The number of phosphoric ester groups is 2. The molecule has 0 radical (unpaired) electrons. The van der Waals surface area contributed by atoms with Crippen molar-refractivity contribution < 1.29 is 80.2 Å². The van der Waals surface area contributed by atoms with Crippen molar-refractivity contribution in [2.24, 2.45) is 11.8 Å². The number of esters is 4. The van der Waals surface area contributed by atoms with Gasteiger partial charge in [0.15, 0.2) is 12.2 Å². The van der Waals surface area contributed by atoms with Gasteiger partial charge in [-0.1, -0.05) is 369 Å². The monoisotopic (exact) mass is 1450 g/mol. The first kappa shape index (κ1) is 97.1. The van der Waals surface area contributed by atoms with Crippen molar-refractivity contribution in [2.75, 3.05) is 39.6 Å². The molecule has 0 aliphatic heterocycles. The molecule has 99 heavy (non-hydrogen) atoms. The fourth-order valence-electron chi connectivity index (χ4n) is 12.4. The summed E-state index contributed by atoms with van der Waals surface area (Å²) in [6.07, 6.45) is 61.1. The van der Waals surface area contributed by atoms with Gasteiger partial charge < -0.3 is 33.8 Å². The molecule has 0 aromatic rings. The van der Waals surface area contributed by atoms with Crippen LogP contribution in [-0.4, -0.2) is 96.7 Å². The van der Waals surface area contributed by atoms with E-state index in [2.05, 4.69) is 41.5 Å². The second-order valence-corrected chi connectivity index (χ2v) is 32.7. The number of aliphatic hydroxyl groups excluding tert-OH is 1. The first-order valence-electron chi connectivity index (χ1n) is 41.5. The number of carbonyl (C=O) groups excluding carboxylic acids is 4. The Morgan fingerprint density at radius 1 is 0.273 bits per heavy atom. The average Bonchev–Trinajstić information content (AvgIpc) is 1.09. The van der Waals surface area contributed by atoms with Crippen molar-refractivity contribution in [1.82, 2.24) is 0 Å². The van der Waals surface area contributed by atoms with Crippen molar-refractivity contribution in [3.05, 3.63) is 0 Å². The highest BCUT2D eigenvalue weighted by Crippen LogP contribution is 2.45. The number of rotatable bonds is 79. The summed E-state index contributed by atoms with van der Waals surface area (Å²) in [5.74, 6) is -0.630. The SMILES string of the molecule is CCCCCCCCCCCCCCCCCCCCCC(=O)O[C@H](COC(=O)CCCCCCCCCCCCCCCCCC)COP(=O)(O)OC[C@@H](O)COP(=O)(O)OC[C@@H](COC(=O)CCCCCCCCCCCC(C)C)OC(=O)CCCCCCCCCCCC(C)C. The van der Waals surface area contributed by atoms with Crippen LogP contribution in [0.25, 0.3) is 0 Å². The first-order valence-corrected chi connectivity index (χ1v) is 44.5. The van der Waals surface area contributed by atoms with E-state index in [0.29, 0.717) is 25.7 Å². The third-order valence-electron chi connectivity index (χ3n) is 18.7. The molecule has 0 rings (SSSR count). The molecule has 0 heterocycles. The zero-order valence-electron chi connectivity index (χ0n) is 64.8. The van der Waals surface area contributed by atoms with E-state index >= 15 is 0 Å². The van der Waals surface area contributed by atoms with Crippen LogP contribution in [0.1, 0.15) is 420 Å². The molecular formula is C80H156O17P2. The summed E-state index contributed by atoms with van der Waals surface area (Å²) in [6.45, 7) is 9.59. The Balaban J connectivity index is 5.24. The van der Waals surface area contributed by atoms with Crippen LogP contribution in [0, 0.1) is 11.8 Å². The predicted octanol–water partition coefficient (Wildman–Crippen LogP) is 23.9. The molecule has 0 spiro atoms. The Morgan fingerprint density at radius 2 is 0.465 bits per heavy atom. The summed E-state index contributed by atoms with van der Waals surface area (Å²) in [6, 6.07) is 0. The lowest BCUT2D eigenvalue weighted by Crippen LogP contribution is -2.30. The Bertz CT molecular complexity index is 1910. The van der Waals surface area contributed by atoms with Gasteiger partial charge in [0.2, 0.25) is 0 Å². The van der Waals surface area contributed by atoms with Crippen LogP contribution < -0.4 is 0 Å². The third kappa shape index (κ3) is 74.1. The van der Waals surface area contributed by atoms with Gasteiger partial charge in [0.1, 0.15) is 19.3 Å². The van der Waals surface area contributed by atoms with E-state index in [-0.39, 0.29) is 25.7 Å². The minimum absolute atomic E-state index is 0.105. The number of ether oxygens (including phenoxy) is 4. The topological polar surface area (TPSA) is 237 Å². The Hall–Kier alpha value is -1.94. The summed E-state index contributed by atoms with van der Waals surface area (Å²) in [5, 5.41) is 10.6. The van der Waals surface area contributed by atoms with Crippen LogP contribution in [0.5, 0.6) is 0 Å². The smallest absolute Gasteiger partial charge is 0.462 e. The Morgan fingerprint density at radius 3 is 0.687 bits per heavy atom. The van der Waals surface area contributed by atoms with E-state index in [9.17, 15) is 43.2 Å². The molecule has 0 aliphatic carbocycles. The van der Waals surface area contributed by atoms with Crippen LogP contribution in [0.3, 0.4) is 0 Å². The first-order chi connectivity index (χ1) is 47.9. The minimum atomic E-state index is -4.96. The number of unbranched alkanes of at least 4 members (excludes halogenated alkanes) is 49. The summed E-state index contributed by atoms with van der Waals surface area (Å²) in [7, 11) is -9.92. The molecule has 5 atom stereocenters. The molecule has 0 amide bonds. The number of hydrogen-bond acceptors (Lipinski definition) is 15. The molecule has 0 aliphatic rings. The maximum atomic E-state index is 13.1. The molecule has 17 nitrogen and oxygen atoms in total. The Kier molecular flexibility index (Phi) is 70.3. The molecule has 588 valence electrons. The standard InChI is InChI=1S/C80H156O17P2/c1-7-9-11-13-15-17-19-21-23-25-26-27-29-31-33-39-46-52-58-64-79(84)96-75(68-90-77(82)62-56-50-44-38-32-30-28-24-22-20-18-16-14-12-10-8-2)70-94-98(86,87)92-66-74(81)67-93-99(88,89)95-71-76(97-80(85)65-59-53-47-41-35-37-43-49-55-61-73(5)6)69-91-78(83)63-57-51-45-40-34-36-42-48-54-60-72(3)4/h72-76,81H,7-71H2,1-6H3,(H,86,87)(H,88,89)/t74-,75-,76-/m1/s1. The van der Waals surface area contributed by atoms with Crippen molar-refractivity contribution in [3.63, 3.8) is 0 Å². The van der Waals surface area contributed by atoms with E-state index in [0.717, 1.165) is 102 Å². The molecule has 0 aromatic carbocycles. The van der Waals surface area contributed by atoms with Gasteiger partial charge in [0.05, 0.1) is 26.4 Å². The van der Waals surface area contributed by atoms with Crippen molar-refractivity contribution >= 4 is 39.5 Å². The molecule has 19 heteroatoms. The largest absolute Gasteiger partial charge is 0.472 e. The van der Waals surface area contributed by atoms with E-state index in [1.165, 1.54) is 238 Å². The van der Waals surface area contributed by atoms with Gasteiger partial charge in [-0.25, -0.2) is 9.13 Å². The summed E-state index contributed by atoms with van der Waals surface area (Å²) < 4.78 is 68.7. The van der Waals surface area contributed by atoms with Crippen molar-refractivity contribution in [2.45, 2.75) is 439 Å². The Labute approximate surface area is 607 Å². The molecule has 0 bridgehead atoms. The highest BCUT2D eigenvalue weighted by molar-refractivity contribution is 7.47. The fourth-order valence-corrected chi connectivity index (χ4v) is 13.9. The molecule has 0 aromatic heterocycles. The predicted molar refractivity (Wildman–Crippen MR) is 405 cm³/mol. The van der Waals surface area contributed by atoms with Crippen molar-refractivity contribution in [3.8, 4) is 0 Å². The summed E-state index contributed by atoms with van der Waals surface area (Å²) in [4.78, 5) is 73.0. The van der Waals surface area contributed by atoms with E-state index in [1.807, 2.05) is 0 Å². The van der Waals surface area contributed by atoms with E-state index < -0.39 is 97.5 Å². The maximum absolute atomic E-state index is 13.1. The lowest BCUT2D eigenvalue weighted by atomic mass is 10.0. The summed E-state index contributed by atoms with van der Waals surface area (Å²) >= 11 is 0. The van der Waals surface area contributed by atoms with Crippen molar-refractivity contribution in [1.29, 1.82) is 0 Å². The van der Waals surface area contributed by atoms with Crippen LogP contribution in [0.4, 0.5) is 0 Å². The fraction of sp³-hybridized carbons (Fsp3) is 0.950. The van der Waals surface area contributed by atoms with Gasteiger partial charge >= 0.3 is 39.5 Å². The second-order valence-electron chi connectivity index (χ2n) is 29.8. The molecule has 2 unspecified atom stereocenters. The zero-order valence-corrected chi connectivity index (χ0v) is 66.6. The minimum Gasteiger partial charge on any atom is -0.462 e. The van der Waals surface area contributed by atoms with Crippen LogP contribution >= 0.6 is 15.6 Å². The second kappa shape index (κ2) is 71.7. The molecule has 0 saturated heterocycles.